The summed E-state index contributed by atoms with van der Waals surface area (Å²) in [5.74, 6) is -0.599. The summed E-state index contributed by atoms with van der Waals surface area (Å²) in [5, 5.41) is 7.26. The van der Waals surface area contributed by atoms with Gasteiger partial charge in [0.2, 0.25) is 0 Å². The molecule has 2 atom stereocenters. The van der Waals surface area contributed by atoms with Crippen molar-refractivity contribution in [2.75, 3.05) is 12.4 Å². The molecule has 7 heteroatoms. The van der Waals surface area contributed by atoms with Gasteiger partial charge < -0.3 is 15.0 Å². The van der Waals surface area contributed by atoms with E-state index < -0.39 is 11.6 Å². The standard InChI is InChI=1S/C20H16BrN3O3/c1-27-18(25)16-9-12-11-4-2-3-5-14(11)22-17(12)20(24-16)13-8-10(21)6-7-15(13)23-19(20)26/h2-8,16,22,24H,9H2,1H3,(H,23,26)/t16-,20-/m0/s1. The fourth-order valence-electron chi connectivity index (χ4n) is 4.27. The molecule has 1 spiro atoms. The molecule has 5 rings (SSSR count). The molecule has 1 aromatic heterocycles. The highest BCUT2D eigenvalue weighted by Gasteiger charge is 2.55. The third kappa shape index (κ3) is 2.15. The molecule has 3 heterocycles. The van der Waals surface area contributed by atoms with E-state index in [-0.39, 0.29) is 11.9 Å². The van der Waals surface area contributed by atoms with Crippen LogP contribution in [0.15, 0.2) is 46.9 Å². The molecule has 2 aromatic carbocycles. The molecular formula is C20H16BrN3O3. The first-order valence-electron chi connectivity index (χ1n) is 8.61. The minimum atomic E-state index is -1.18. The molecule has 0 fully saturated rings. The molecule has 3 aromatic rings. The van der Waals surface area contributed by atoms with Crippen LogP contribution < -0.4 is 10.6 Å². The third-order valence-corrected chi connectivity index (χ3v) is 5.94. The number of aromatic amines is 1. The molecule has 0 radical (unpaired) electrons. The summed E-state index contributed by atoms with van der Waals surface area (Å²) >= 11 is 3.50. The van der Waals surface area contributed by atoms with Crippen LogP contribution in [0.25, 0.3) is 10.9 Å². The summed E-state index contributed by atoms with van der Waals surface area (Å²) in [6.45, 7) is 0. The number of carbonyl (C=O) groups is 2. The van der Waals surface area contributed by atoms with Gasteiger partial charge in [0.1, 0.15) is 6.04 Å². The van der Waals surface area contributed by atoms with Gasteiger partial charge in [-0.05, 0) is 29.8 Å². The molecule has 3 N–H and O–H groups in total. The van der Waals surface area contributed by atoms with E-state index in [2.05, 4.69) is 31.5 Å². The van der Waals surface area contributed by atoms with Crippen molar-refractivity contribution in [2.24, 2.45) is 0 Å². The molecule has 136 valence electrons. The number of methoxy groups -OCH3 is 1. The maximum Gasteiger partial charge on any atom is 0.323 e. The van der Waals surface area contributed by atoms with Crippen molar-refractivity contribution < 1.29 is 14.3 Å². The van der Waals surface area contributed by atoms with E-state index in [4.69, 9.17) is 4.74 Å². The van der Waals surface area contributed by atoms with Crippen LogP contribution in [0.2, 0.25) is 0 Å². The molecule has 6 nitrogen and oxygen atoms in total. The number of anilines is 1. The monoisotopic (exact) mass is 425 g/mol. The molecule has 0 saturated heterocycles. The van der Waals surface area contributed by atoms with Crippen molar-refractivity contribution in [1.82, 2.24) is 10.3 Å². The Bertz CT molecular complexity index is 1120. The van der Waals surface area contributed by atoms with Crippen molar-refractivity contribution in [3.8, 4) is 0 Å². The second-order valence-corrected chi connectivity index (χ2v) is 7.76. The molecular weight excluding hydrogens is 410 g/mol. The van der Waals surface area contributed by atoms with Gasteiger partial charge in [-0.3, -0.25) is 14.9 Å². The Labute approximate surface area is 163 Å². The summed E-state index contributed by atoms with van der Waals surface area (Å²) in [7, 11) is 1.36. The predicted molar refractivity (Wildman–Crippen MR) is 104 cm³/mol. The van der Waals surface area contributed by atoms with Crippen molar-refractivity contribution in [1.29, 1.82) is 0 Å². The number of carbonyl (C=O) groups excluding carboxylic acids is 2. The van der Waals surface area contributed by atoms with Crippen molar-refractivity contribution in [2.45, 2.75) is 18.0 Å². The number of amides is 1. The Morgan fingerprint density at radius 1 is 1.26 bits per heavy atom. The zero-order valence-electron chi connectivity index (χ0n) is 14.4. The van der Waals surface area contributed by atoms with E-state index in [1.165, 1.54) is 7.11 Å². The van der Waals surface area contributed by atoms with E-state index in [1.807, 2.05) is 42.5 Å². The van der Waals surface area contributed by atoms with Gasteiger partial charge >= 0.3 is 5.97 Å². The summed E-state index contributed by atoms with van der Waals surface area (Å²) in [6.07, 6.45) is 0.449. The highest BCUT2D eigenvalue weighted by atomic mass is 79.9. The summed E-state index contributed by atoms with van der Waals surface area (Å²) in [6, 6.07) is 12.9. The lowest BCUT2D eigenvalue weighted by Crippen LogP contribution is -2.59. The predicted octanol–water partition coefficient (Wildman–Crippen LogP) is 2.81. The van der Waals surface area contributed by atoms with Crippen LogP contribution in [0.4, 0.5) is 5.69 Å². The van der Waals surface area contributed by atoms with Crippen molar-refractivity contribution >= 4 is 44.4 Å². The van der Waals surface area contributed by atoms with Gasteiger partial charge in [0, 0.05) is 33.0 Å². The molecule has 0 bridgehead atoms. The van der Waals surface area contributed by atoms with E-state index >= 15 is 0 Å². The number of esters is 1. The molecule has 27 heavy (non-hydrogen) atoms. The fourth-order valence-corrected chi connectivity index (χ4v) is 4.63. The Balaban J connectivity index is 1.84. The number of H-pyrrole nitrogens is 1. The van der Waals surface area contributed by atoms with E-state index in [0.29, 0.717) is 6.42 Å². The number of aromatic nitrogens is 1. The number of halogens is 1. The van der Waals surface area contributed by atoms with Crippen LogP contribution in [0, 0.1) is 0 Å². The number of ether oxygens (including phenoxy) is 1. The lowest BCUT2D eigenvalue weighted by Gasteiger charge is -2.37. The number of fused-ring (bicyclic) bond motifs is 6. The second kappa shape index (κ2) is 5.68. The van der Waals surface area contributed by atoms with Crippen LogP contribution in [-0.4, -0.2) is 30.0 Å². The highest BCUT2D eigenvalue weighted by Crippen LogP contribution is 2.47. The molecule has 0 unspecified atom stereocenters. The summed E-state index contributed by atoms with van der Waals surface area (Å²) < 4.78 is 5.85. The number of para-hydroxylation sites is 1. The van der Waals surface area contributed by atoms with E-state index in [0.717, 1.165) is 37.9 Å². The number of rotatable bonds is 1. The van der Waals surface area contributed by atoms with Crippen LogP contribution in [-0.2, 0) is 26.3 Å². The van der Waals surface area contributed by atoms with Gasteiger partial charge in [0.25, 0.3) is 5.91 Å². The Hall–Kier alpha value is -2.64. The highest BCUT2D eigenvalue weighted by molar-refractivity contribution is 9.10. The van der Waals surface area contributed by atoms with Crippen LogP contribution in [0.5, 0.6) is 0 Å². The maximum atomic E-state index is 13.3. The van der Waals surface area contributed by atoms with Gasteiger partial charge in [-0.25, -0.2) is 0 Å². The quantitative estimate of drug-likeness (QED) is 0.523. The van der Waals surface area contributed by atoms with Crippen LogP contribution in [0.3, 0.4) is 0 Å². The number of benzene rings is 2. The average Bonchev–Trinajstić information content (AvgIpc) is 3.18. The average molecular weight is 426 g/mol. The van der Waals surface area contributed by atoms with Gasteiger partial charge in [-0.15, -0.1) is 0 Å². The van der Waals surface area contributed by atoms with E-state index in [1.54, 1.807) is 0 Å². The minimum Gasteiger partial charge on any atom is -0.468 e. The fraction of sp³-hybridized carbons (Fsp3) is 0.200. The normalized spacial score (nSPS) is 23.2. The number of hydrogen-bond donors (Lipinski definition) is 3. The second-order valence-electron chi connectivity index (χ2n) is 6.84. The smallest absolute Gasteiger partial charge is 0.323 e. The first kappa shape index (κ1) is 16.5. The zero-order valence-corrected chi connectivity index (χ0v) is 16.0. The Morgan fingerprint density at radius 2 is 2.07 bits per heavy atom. The lowest BCUT2D eigenvalue weighted by atomic mass is 9.79. The van der Waals surface area contributed by atoms with Gasteiger partial charge in [0.15, 0.2) is 5.54 Å². The van der Waals surface area contributed by atoms with Crippen molar-refractivity contribution in [3.05, 3.63) is 63.8 Å². The van der Waals surface area contributed by atoms with E-state index in [9.17, 15) is 9.59 Å². The molecule has 0 saturated carbocycles. The summed E-state index contributed by atoms with van der Waals surface area (Å²) in [5.41, 5.74) is 3.00. The first-order valence-corrected chi connectivity index (χ1v) is 9.41. The van der Waals surface area contributed by atoms with Gasteiger partial charge in [-0.1, -0.05) is 34.1 Å². The van der Waals surface area contributed by atoms with Gasteiger partial charge in [-0.2, -0.15) is 0 Å². The third-order valence-electron chi connectivity index (χ3n) is 5.45. The molecule has 0 aliphatic carbocycles. The Kier molecular flexibility index (Phi) is 3.47. The maximum absolute atomic E-state index is 13.3. The Morgan fingerprint density at radius 3 is 2.89 bits per heavy atom. The molecule has 2 aliphatic heterocycles. The lowest BCUT2D eigenvalue weighted by molar-refractivity contribution is -0.144. The molecule has 2 aliphatic rings. The van der Waals surface area contributed by atoms with Crippen molar-refractivity contribution in [3.63, 3.8) is 0 Å². The zero-order chi connectivity index (χ0) is 18.8. The van der Waals surface area contributed by atoms with Crippen LogP contribution >= 0.6 is 15.9 Å². The largest absolute Gasteiger partial charge is 0.468 e. The van der Waals surface area contributed by atoms with Crippen LogP contribution in [0.1, 0.15) is 16.8 Å². The number of nitrogens with one attached hydrogen (secondary N) is 3. The topological polar surface area (TPSA) is 83.2 Å². The molecule has 1 amide bonds. The number of hydrogen-bond acceptors (Lipinski definition) is 4. The SMILES string of the molecule is COC(=O)[C@@H]1Cc2c([nH]c3ccccc23)[C@]2(N1)C(=O)Nc1ccc(Br)cc12. The van der Waals surface area contributed by atoms with Gasteiger partial charge in [0.05, 0.1) is 12.8 Å². The minimum absolute atomic E-state index is 0.211. The summed E-state index contributed by atoms with van der Waals surface area (Å²) in [4.78, 5) is 29.1. The first-order chi connectivity index (χ1) is 13.0.